The number of rotatable bonds is 6. The molecule has 1 N–H and O–H groups in total. The Labute approximate surface area is 170 Å². The molecule has 2 amide bonds. The fraction of sp³-hybridized carbons (Fsp3) is 0.150. The highest BCUT2D eigenvalue weighted by molar-refractivity contribution is 5.99. The Morgan fingerprint density at radius 2 is 1.83 bits per heavy atom. The fourth-order valence-electron chi connectivity index (χ4n) is 2.46. The van der Waals surface area contributed by atoms with Crippen LogP contribution < -0.4 is 14.8 Å². The van der Waals surface area contributed by atoms with Crippen LogP contribution in [0, 0.1) is 10.1 Å². The van der Waals surface area contributed by atoms with Gasteiger partial charge in [0.1, 0.15) is 6.61 Å². The summed E-state index contributed by atoms with van der Waals surface area (Å²) in [7, 11) is 0. The fourth-order valence-corrected chi connectivity index (χ4v) is 2.46. The number of esters is 1. The number of imide groups is 1. The molecule has 1 atom stereocenters. The van der Waals surface area contributed by atoms with Gasteiger partial charge in [0.05, 0.1) is 4.92 Å². The maximum absolute atomic E-state index is 12.1. The van der Waals surface area contributed by atoms with Crippen molar-refractivity contribution < 1.29 is 33.5 Å². The summed E-state index contributed by atoms with van der Waals surface area (Å²) < 4.78 is 15.6. The summed E-state index contributed by atoms with van der Waals surface area (Å²) in [5.74, 6) is -1.46. The average molecular weight is 412 g/mol. The summed E-state index contributed by atoms with van der Waals surface area (Å²) in [5, 5.41) is 12.7. The lowest BCUT2D eigenvalue weighted by atomic mass is 10.2. The van der Waals surface area contributed by atoms with Gasteiger partial charge >= 0.3 is 5.97 Å². The zero-order valence-electron chi connectivity index (χ0n) is 15.5. The molecule has 1 unspecified atom stereocenters. The van der Waals surface area contributed by atoms with E-state index in [0.717, 1.165) is 6.08 Å². The van der Waals surface area contributed by atoms with E-state index in [1.165, 1.54) is 30.3 Å². The van der Waals surface area contributed by atoms with Gasteiger partial charge in [0, 0.05) is 18.2 Å². The van der Waals surface area contributed by atoms with Crippen LogP contribution in [0.25, 0.3) is 6.08 Å². The van der Waals surface area contributed by atoms with Crippen molar-refractivity contribution in [2.75, 3.05) is 13.2 Å². The van der Waals surface area contributed by atoms with E-state index in [9.17, 15) is 24.5 Å². The van der Waals surface area contributed by atoms with E-state index in [-0.39, 0.29) is 12.3 Å². The third kappa shape index (κ3) is 5.41. The number of carbonyl (C=O) groups excluding carboxylic acids is 3. The Morgan fingerprint density at radius 1 is 1.13 bits per heavy atom. The minimum absolute atomic E-state index is 0.0616. The second kappa shape index (κ2) is 9.32. The molecule has 0 saturated carbocycles. The highest BCUT2D eigenvalue weighted by atomic mass is 16.6. The number of hydrogen-bond acceptors (Lipinski definition) is 8. The van der Waals surface area contributed by atoms with Gasteiger partial charge in [0.25, 0.3) is 17.5 Å². The summed E-state index contributed by atoms with van der Waals surface area (Å²) in [4.78, 5) is 45.7. The average Bonchev–Trinajstić information content (AvgIpc) is 2.76. The predicted molar refractivity (Wildman–Crippen MR) is 103 cm³/mol. The molecule has 0 saturated heterocycles. The van der Waals surface area contributed by atoms with Crippen LogP contribution in [-0.2, 0) is 19.1 Å². The number of hydrogen-bond donors (Lipinski definition) is 1. The summed E-state index contributed by atoms with van der Waals surface area (Å²) in [6, 6.07) is 12.3. The number of ether oxygens (including phenoxy) is 3. The number of nitro groups is 1. The minimum atomic E-state index is -1.01. The normalized spacial score (nSPS) is 14.7. The van der Waals surface area contributed by atoms with Crippen molar-refractivity contribution in [1.29, 1.82) is 0 Å². The molecule has 1 heterocycles. The van der Waals surface area contributed by atoms with Crippen LogP contribution in [0.15, 0.2) is 54.6 Å². The van der Waals surface area contributed by atoms with Gasteiger partial charge in [-0.1, -0.05) is 12.1 Å². The molecule has 0 aromatic heterocycles. The Kier molecular flexibility index (Phi) is 6.38. The number of para-hydroxylation sites is 2. The number of amides is 2. The van der Waals surface area contributed by atoms with Crippen molar-refractivity contribution in [2.45, 2.75) is 6.10 Å². The van der Waals surface area contributed by atoms with Crippen LogP contribution in [0.3, 0.4) is 0 Å². The Hall–Kier alpha value is -4.21. The molecule has 30 heavy (non-hydrogen) atoms. The molecule has 3 rings (SSSR count). The molecule has 154 valence electrons. The SMILES string of the molecule is O=C(COC(=O)/C=C/c1ccc([N+](=O)[O-])cc1)NC(=O)C1COc2ccccc2O1. The monoisotopic (exact) mass is 412 g/mol. The van der Waals surface area contributed by atoms with E-state index in [2.05, 4.69) is 5.32 Å². The molecule has 0 fully saturated rings. The smallest absolute Gasteiger partial charge is 0.331 e. The molecule has 2 aromatic carbocycles. The van der Waals surface area contributed by atoms with E-state index < -0.39 is 35.4 Å². The molecule has 2 aromatic rings. The maximum atomic E-state index is 12.1. The van der Waals surface area contributed by atoms with Gasteiger partial charge in [-0.25, -0.2) is 4.79 Å². The van der Waals surface area contributed by atoms with E-state index >= 15 is 0 Å². The molecule has 1 aliphatic heterocycles. The first kappa shape index (κ1) is 20.5. The Balaban J connectivity index is 1.43. The molecule has 1 aliphatic rings. The third-order valence-corrected chi connectivity index (χ3v) is 3.92. The highest BCUT2D eigenvalue weighted by Gasteiger charge is 2.28. The summed E-state index contributed by atoms with van der Waals surface area (Å²) in [5.41, 5.74) is 0.457. The first-order valence-electron chi connectivity index (χ1n) is 8.74. The molecule has 0 bridgehead atoms. The van der Waals surface area contributed by atoms with Crippen LogP contribution in [0.4, 0.5) is 5.69 Å². The molecule has 0 spiro atoms. The van der Waals surface area contributed by atoms with Gasteiger partial charge in [-0.2, -0.15) is 0 Å². The number of benzene rings is 2. The minimum Gasteiger partial charge on any atom is -0.485 e. The van der Waals surface area contributed by atoms with Crippen LogP contribution in [0.1, 0.15) is 5.56 Å². The summed E-state index contributed by atoms with van der Waals surface area (Å²) >= 11 is 0. The zero-order valence-corrected chi connectivity index (χ0v) is 15.5. The lowest BCUT2D eigenvalue weighted by molar-refractivity contribution is -0.384. The van der Waals surface area contributed by atoms with Crippen molar-refractivity contribution in [3.63, 3.8) is 0 Å². The van der Waals surface area contributed by atoms with E-state index in [1.807, 2.05) is 0 Å². The first-order valence-corrected chi connectivity index (χ1v) is 8.74. The lowest BCUT2D eigenvalue weighted by Gasteiger charge is -2.25. The van der Waals surface area contributed by atoms with Crippen molar-refractivity contribution in [2.24, 2.45) is 0 Å². The largest absolute Gasteiger partial charge is 0.485 e. The number of nitrogens with one attached hydrogen (secondary N) is 1. The van der Waals surface area contributed by atoms with Gasteiger partial charge in [-0.3, -0.25) is 25.0 Å². The second-order valence-corrected chi connectivity index (χ2v) is 6.07. The Morgan fingerprint density at radius 3 is 2.53 bits per heavy atom. The number of carbonyl (C=O) groups is 3. The Bertz CT molecular complexity index is 1000. The highest BCUT2D eigenvalue weighted by Crippen LogP contribution is 2.30. The van der Waals surface area contributed by atoms with Gasteiger partial charge in [-0.05, 0) is 35.9 Å². The standard InChI is InChI=1S/C20H16N2O8/c23-18(21-20(25)17-11-28-15-3-1-2-4-16(15)30-17)12-29-19(24)10-7-13-5-8-14(9-6-13)22(26)27/h1-10,17H,11-12H2,(H,21,23,25)/b10-7+. The molecular weight excluding hydrogens is 396 g/mol. The number of fused-ring (bicyclic) bond motifs is 1. The van der Waals surface area contributed by atoms with E-state index in [4.69, 9.17) is 14.2 Å². The summed E-state index contributed by atoms with van der Waals surface area (Å²) in [6.45, 7) is -0.729. The summed E-state index contributed by atoms with van der Waals surface area (Å²) in [6.07, 6.45) is 1.42. The maximum Gasteiger partial charge on any atom is 0.331 e. The quantitative estimate of drug-likeness (QED) is 0.327. The molecule has 10 nitrogen and oxygen atoms in total. The zero-order chi connectivity index (χ0) is 21.5. The first-order chi connectivity index (χ1) is 14.4. The second-order valence-electron chi connectivity index (χ2n) is 6.07. The molecule has 0 radical (unpaired) electrons. The van der Waals surface area contributed by atoms with Gasteiger partial charge in [-0.15, -0.1) is 0 Å². The predicted octanol–water partition coefficient (Wildman–Crippen LogP) is 1.63. The lowest BCUT2D eigenvalue weighted by Crippen LogP contribution is -2.47. The molecule has 0 aliphatic carbocycles. The van der Waals surface area contributed by atoms with Crippen molar-refractivity contribution in [1.82, 2.24) is 5.32 Å². The van der Waals surface area contributed by atoms with E-state index in [0.29, 0.717) is 17.1 Å². The van der Waals surface area contributed by atoms with Crippen LogP contribution in [0.5, 0.6) is 11.5 Å². The van der Waals surface area contributed by atoms with Crippen molar-refractivity contribution in [3.05, 3.63) is 70.3 Å². The van der Waals surface area contributed by atoms with E-state index in [1.54, 1.807) is 24.3 Å². The number of non-ortho nitro benzene ring substituents is 1. The third-order valence-electron chi connectivity index (χ3n) is 3.92. The van der Waals surface area contributed by atoms with Crippen LogP contribution in [0.2, 0.25) is 0 Å². The molecular formula is C20H16N2O8. The van der Waals surface area contributed by atoms with Crippen molar-refractivity contribution >= 4 is 29.5 Å². The van der Waals surface area contributed by atoms with Gasteiger partial charge < -0.3 is 14.2 Å². The van der Waals surface area contributed by atoms with Gasteiger partial charge in [0.2, 0.25) is 6.10 Å². The van der Waals surface area contributed by atoms with Crippen LogP contribution >= 0.6 is 0 Å². The van der Waals surface area contributed by atoms with Crippen LogP contribution in [-0.4, -0.2) is 42.0 Å². The topological polar surface area (TPSA) is 134 Å². The number of nitro benzene ring substituents is 1. The number of nitrogens with zero attached hydrogens (tertiary/aromatic N) is 1. The van der Waals surface area contributed by atoms with Crippen molar-refractivity contribution in [3.8, 4) is 11.5 Å². The van der Waals surface area contributed by atoms with Gasteiger partial charge in [0.15, 0.2) is 18.1 Å². The molecule has 10 heteroatoms.